The Morgan fingerprint density at radius 3 is 2.78 bits per heavy atom. The van der Waals surface area contributed by atoms with Crippen molar-refractivity contribution in [1.29, 1.82) is 0 Å². The molecule has 128 valence electrons. The average molecular weight is 405 g/mol. The molecule has 7 heteroatoms. The molecule has 1 aliphatic rings. The number of piperidine rings is 1. The lowest BCUT2D eigenvalue weighted by Crippen LogP contribution is -2.43. The lowest BCUT2D eigenvalue weighted by Gasteiger charge is -2.26. The van der Waals surface area contributed by atoms with E-state index in [0.29, 0.717) is 6.54 Å². The molecule has 0 aromatic heterocycles. The molecule has 0 bridgehead atoms. The van der Waals surface area contributed by atoms with Crippen molar-refractivity contribution < 1.29 is 9.59 Å². The van der Waals surface area contributed by atoms with E-state index in [9.17, 15) is 9.59 Å². The minimum Gasteiger partial charge on any atom is -0.336 e. The molecule has 0 spiro atoms. The summed E-state index contributed by atoms with van der Waals surface area (Å²) in [7, 11) is 1.69. The number of nitrogens with one attached hydrogen (secondary N) is 2. The van der Waals surface area contributed by atoms with Crippen molar-refractivity contribution in [2.45, 2.75) is 19.8 Å². The normalized spacial score (nSPS) is 17.1. The van der Waals surface area contributed by atoms with Crippen LogP contribution in [0.1, 0.15) is 18.4 Å². The van der Waals surface area contributed by atoms with Crippen molar-refractivity contribution in [3.05, 3.63) is 28.2 Å². The van der Waals surface area contributed by atoms with Crippen LogP contribution >= 0.6 is 28.3 Å². The van der Waals surface area contributed by atoms with E-state index in [2.05, 4.69) is 26.6 Å². The molecule has 5 nitrogen and oxygen atoms in total. The van der Waals surface area contributed by atoms with Crippen molar-refractivity contribution in [2.75, 3.05) is 32.0 Å². The van der Waals surface area contributed by atoms with Crippen molar-refractivity contribution >= 4 is 45.8 Å². The van der Waals surface area contributed by atoms with Gasteiger partial charge in [-0.1, -0.05) is 15.9 Å². The van der Waals surface area contributed by atoms with E-state index in [0.717, 1.165) is 35.1 Å². The Labute approximate surface area is 151 Å². The van der Waals surface area contributed by atoms with E-state index in [1.165, 1.54) is 4.90 Å². The second-order valence-electron chi connectivity index (χ2n) is 5.74. The van der Waals surface area contributed by atoms with E-state index >= 15 is 0 Å². The third kappa shape index (κ3) is 5.79. The summed E-state index contributed by atoms with van der Waals surface area (Å²) in [4.78, 5) is 25.9. The predicted octanol–water partition coefficient (Wildman–Crippen LogP) is 2.58. The first-order valence-corrected chi connectivity index (χ1v) is 8.28. The number of anilines is 1. The van der Waals surface area contributed by atoms with Gasteiger partial charge in [0, 0.05) is 23.8 Å². The zero-order valence-electron chi connectivity index (χ0n) is 13.4. The highest BCUT2D eigenvalue weighted by molar-refractivity contribution is 9.10. The van der Waals surface area contributed by atoms with Gasteiger partial charge in [-0.3, -0.25) is 9.59 Å². The number of hydrogen-bond donors (Lipinski definition) is 2. The van der Waals surface area contributed by atoms with Crippen LogP contribution in [0.2, 0.25) is 0 Å². The van der Waals surface area contributed by atoms with Crippen LogP contribution in [-0.4, -0.2) is 43.4 Å². The maximum absolute atomic E-state index is 12.3. The third-order valence-corrected chi connectivity index (χ3v) is 4.36. The smallest absolute Gasteiger partial charge is 0.243 e. The molecule has 1 aromatic rings. The van der Waals surface area contributed by atoms with Crippen LogP contribution in [0.15, 0.2) is 22.7 Å². The fourth-order valence-corrected chi connectivity index (χ4v) is 3.10. The zero-order valence-corrected chi connectivity index (χ0v) is 15.8. The van der Waals surface area contributed by atoms with Crippen LogP contribution in [0, 0.1) is 12.8 Å². The van der Waals surface area contributed by atoms with E-state index in [-0.39, 0.29) is 36.7 Å². The highest BCUT2D eigenvalue weighted by Crippen LogP contribution is 2.20. The monoisotopic (exact) mass is 403 g/mol. The van der Waals surface area contributed by atoms with Gasteiger partial charge >= 0.3 is 0 Å². The summed E-state index contributed by atoms with van der Waals surface area (Å²) >= 11 is 3.39. The summed E-state index contributed by atoms with van der Waals surface area (Å²) in [6.07, 6.45) is 1.90. The molecule has 0 aliphatic carbocycles. The van der Waals surface area contributed by atoms with Gasteiger partial charge in [-0.15, -0.1) is 12.4 Å². The van der Waals surface area contributed by atoms with Gasteiger partial charge in [0.05, 0.1) is 12.5 Å². The molecule has 1 aromatic carbocycles. The number of rotatable bonds is 4. The first kappa shape index (κ1) is 19.9. The summed E-state index contributed by atoms with van der Waals surface area (Å²) < 4.78 is 0.972. The van der Waals surface area contributed by atoms with Gasteiger partial charge in [0.25, 0.3) is 0 Å². The minimum atomic E-state index is -0.176. The molecule has 2 amide bonds. The Hall–Kier alpha value is -1.11. The largest absolute Gasteiger partial charge is 0.336 e. The number of aryl methyl sites for hydroxylation is 1. The predicted molar refractivity (Wildman–Crippen MR) is 98.0 cm³/mol. The van der Waals surface area contributed by atoms with Gasteiger partial charge in [-0.25, -0.2) is 0 Å². The Morgan fingerprint density at radius 1 is 1.43 bits per heavy atom. The van der Waals surface area contributed by atoms with Gasteiger partial charge in [0.1, 0.15) is 0 Å². The summed E-state index contributed by atoms with van der Waals surface area (Å²) in [5.41, 5.74) is 1.75. The standard InChI is InChI=1S/C16H22BrN3O2.ClH/c1-11-8-13(17)5-6-14(11)19-15(21)10-20(2)16(22)12-4-3-7-18-9-12;/h5-6,8,12,18H,3-4,7,9-10H2,1-2H3,(H,19,21);1H. The number of likely N-dealkylation sites (N-methyl/N-ethyl adjacent to an activating group) is 1. The average Bonchev–Trinajstić information content (AvgIpc) is 2.50. The van der Waals surface area contributed by atoms with Crippen molar-refractivity contribution in [3.8, 4) is 0 Å². The van der Waals surface area contributed by atoms with Crippen LogP contribution in [0.25, 0.3) is 0 Å². The number of benzene rings is 1. The summed E-state index contributed by atoms with van der Waals surface area (Å²) in [5, 5.41) is 6.08. The first-order valence-electron chi connectivity index (χ1n) is 7.49. The lowest BCUT2D eigenvalue weighted by atomic mass is 9.98. The van der Waals surface area contributed by atoms with Crippen molar-refractivity contribution in [3.63, 3.8) is 0 Å². The summed E-state index contributed by atoms with van der Waals surface area (Å²) in [6, 6.07) is 5.67. The Bertz CT molecular complexity index is 562. The number of nitrogens with zero attached hydrogens (tertiary/aromatic N) is 1. The van der Waals surface area contributed by atoms with Crippen LogP contribution in [-0.2, 0) is 9.59 Å². The number of carbonyl (C=O) groups is 2. The molecule has 1 atom stereocenters. The highest BCUT2D eigenvalue weighted by atomic mass is 79.9. The number of amides is 2. The van der Waals surface area contributed by atoms with Gasteiger partial charge in [0.15, 0.2) is 0 Å². The van der Waals surface area contributed by atoms with Crippen LogP contribution in [0.5, 0.6) is 0 Å². The van der Waals surface area contributed by atoms with E-state index in [4.69, 9.17) is 0 Å². The van der Waals surface area contributed by atoms with E-state index in [1.807, 2.05) is 25.1 Å². The SMILES string of the molecule is Cc1cc(Br)ccc1NC(=O)CN(C)C(=O)C1CCCNC1.Cl. The Kier molecular flexibility index (Phi) is 8.02. The van der Waals surface area contributed by atoms with Crippen LogP contribution in [0.4, 0.5) is 5.69 Å². The molecule has 1 fully saturated rings. The topological polar surface area (TPSA) is 61.4 Å². The molecular formula is C16H23BrClN3O2. The fourth-order valence-electron chi connectivity index (χ4n) is 2.62. The second kappa shape index (κ2) is 9.25. The maximum Gasteiger partial charge on any atom is 0.243 e. The van der Waals surface area contributed by atoms with E-state index in [1.54, 1.807) is 7.05 Å². The van der Waals surface area contributed by atoms with Crippen molar-refractivity contribution in [1.82, 2.24) is 10.2 Å². The van der Waals surface area contributed by atoms with Gasteiger partial charge in [-0.05, 0) is 50.1 Å². The van der Waals surface area contributed by atoms with Gasteiger partial charge < -0.3 is 15.5 Å². The molecule has 1 aliphatic heterocycles. The molecule has 0 saturated carbocycles. The molecule has 2 N–H and O–H groups in total. The molecule has 1 unspecified atom stereocenters. The van der Waals surface area contributed by atoms with Crippen LogP contribution in [0.3, 0.4) is 0 Å². The lowest BCUT2D eigenvalue weighted by molar-refractivity contribution is -0.137. The fraction of sp³-hybridized carbons (Fsp3) is 0.500. The number of halogens is 2. The number of carbonyl (C=O) groups excluding carboxylic acids is 2. The highest BCUT2D eigenvalue weighted by Gasteiger charge is 2.24. The molecule has 1 heterocycles. The Balaban J connectivity index is 0.00000264. The first-order chi connectivity index (χ1) is 10.5. The minimum absolute atomic E-state index is 0. The molecule has 0 radical (unpaired) electrons. The Morgan fingerprint density at radius 2 is 2.17 bits per heavy atom. The molecular weight excluding hydrogens is 382 g/mol. The van der Waals surface area contributed by atoms with Crippen LogP contribution < -0.4 is 10.6 Å². The van der Waals surface area contributed by atoms with E-state index < -0.39 is 0 Å². The third-order valence-electron chi connectivity index (χ3n) is 3.87. The summed E-state index contributed by atoms with van der Waals surface area (Å²) in [5.74, 6) is -0.152. The molecule has 1 saturated heterocycles. The molecule has 2 rings (SSSR count). The quantitative estimate of drug-likeness (QED) is 0.811. The van der Waals surface area contributed by atoms with Gasteiger partial charge in [0.2, 0.25) is 11.8 Å². The van der Waals surface area contributed by atoms with Gasteiger partial charge in [-0.2, -0.15) is 0 Å². The second-order valence-corrected chi connectivity index (χ2v) is 6.66. The molecule has 23 heavy (non-hydrogen) atoms. The van der Waals surface area contributed by atoms with Crippen molar-refractivity contribution in [2.24, 2.45) is 5.92 Å². The maximum atomic E-state index is 12.3. The number of hydrogen-bond acceptors (Lipinski definition) is 3. The zero-order chi connectivity index (χ0) is 16.1. The summed E-state index contributed by atoms with van der Waals surface area (Å²) in [6.45, 7) is 3.68.